The summed E-state index contributed by atoms with van der Waals surface area (Å²) in [5, 5.41) is 11.6. The Morgan fingerprint density at radius 3 is 2.57 bits per heavy atom. The van der Waals surface area contributed by atoms with Gasteiger partial charge in [0.2, 0.25) is 5.91 Å². The number of carboxylic acids is 1. The van der Waals surface area contributed by atoms with Gasteiger partial charge in [0, 0.05) is 12.6 Å². The summed E-state index contributed by atoms with van der Waals surface area (Å²) in [6, 6.07) is 11.1. The van der Waals surface area contributed by atoms with E-state index in [9.17, 15) is 9.59 Å². The van der Waals surface area contributed by atoms with Gasteiger partial charge in [-0.05, 0) is 31.0 Å². The number of carbonyl (C=O) groups excluding carboxylic acids is 1. The molecule has 0 atom stereocenters. The number of rotatable bonds is 5. The van der Waals surface area contributed by atoms with E-state index in [1.165, 1.54) is 17.8 Å². The zero-order valence-corrected chi connectivity index (χ0v) is 11.7. The van der Waals surface area contributed by atoms with Crippen molar-refractivity contribution in [3.63, 3.8) is 0 Å². The molecular formula is C16H16N2O3. The number of nitrogens with one attached hydrogen (secondary N) is 1. The van der Waals surface area contributed by atoms with E-state index < -0.39 is 5.97 Å². The number of hydrogen-bond donors (Lipinski definition) is 2. The molecule has 0 fully saturated rings. The molecule has 0 bridgehead atoms. The van der Waals surface area contributed by atoms with Crippen LogP contribution in [0, 0.1) is 6.92 Å². The zero-order chi connectivity index (χ0) is 15.2. The second kappa shape index (κ2) is 6.65. The molecule has 0 radical (unpaired) electrons. The van der Waals surface area contributed by atoms with Crippen molar-refractivity contribution < 1.29 is 14.7 Å². The highest BCUT2D eigenvalue weighted by molar-refractivity contribution is 5.99. The summed E-state index contributed by atoms with van der Waals surface area (Å²) in [7, 11) is 0. The second-order valence-electron chi connectivity index (χ2n) is 4.74. The van der Waals surface area contributed by atoms with Crippen LogP contribution in [-0.2, 0) is 11.2 Å². The van der Waals surface area contributed by atoms with E-state index in [0.29, 0.717) is 6.42 Å². The number of anilines is 1. The first-order valence-corrected chi connectivity index (χ1v) is 6.60. The van der Waals surface area contributed by atoms with Gasteiger partial charge in [-0.3, -0.25) is 4.79 Å². The smallest absolute Gasteiger partial charge is 0.356 e. The van der Waals surface area contributed by atoms with Crippen molar-refractivity contribution in [3.05, 3.63) is 59.4 Å². The van der Waals surface area contributed by atoms with Crippen molar-refractivity contribution in [2.75, 3.05) is 5.32 Å². The van der Waals surface area contributed by atoms with Crippen molar-refractivity contribution in [2.45, 2.75) is 19.8 Å². The fourth-order valence-corrected chi connectivity index (χ4v) is 1.90. The predicted molar refractivity (Wildman–Crippen MR) is 79.3 cm³/mol. The first kappa shape index (κ1) is 14.7. The number of amides is 1. The lowest BCUT2D eigenvalue weighted by atomic mass is 10.1. The van der Waals surface area contributed by atoms with Gasteiger partial charge in [0.05, 0.1) is 5.69 Å². The van der Waals surface area contributed by atoms with Gasteiger partial charge < -0.3 is 10.4 Å². The molecule has 0 aliphatic rings. The lowest BCUT2D eigenvalue weighted by molar-refractivity contribution is -0.116. The molecule has 5 nitrogen and oxygen atoms in total. The summed E-state index contributed by atoms with van der Waals surface area (Å²) in [6.45, 7) is 2.01. The van der Waals surface area contributed by atoms with Gasteiger partial charge in [-0.1, -0.05) is 29.8 Å². The maximum absolute atomic E-state index is 11.9. The lowest BCUT2D eigenvalue weighted by Gasteiger charge is -2.07. The summed E-state index contributed by atoms with van der Waals surface area (Å²) in [6.07, 6.45) is 2.28. The van der Waals surface area contributed by atoms with Gasteiger partial charge in [0.1, 0.15) is 0 Å². The molecule has 108 valence electrons. The highest BCUT2D eigenvalue weighted by Crippen LogP contribution is 2.13. The van der Waals surface area contributed by atoms with E-state index in [0.717, 1.165) is 5.56 Å². The number of hydrogen-bond acceptors (Lipinski definition) is 3. The van der Waals surface area contributed by atoms with E-state index in [-0.39, 0.29) is 23.7 Å². The van der Waals surface area contributed by atoms with Crippen LogP contribution in [0.1, 0.15) is 28.0 Å². The Balaban J connectivity index is 1.96. The summed E-state index contributed by atoms with van der Waals surface area (Å²) in [4.78, 5) is 26.6. The molecule has 1 aromatic heterocycles. The minimum Gasteiger partial charge on any atom is -0.476 e. The van der Waals surface area contributed by atoms with Gasteiger partial charge in [0.25, 0.3) is 0 Å². The quantitative estimate of drug-likeness (QED) is 0.884. The number of pyridine rings is 1. The van der Waals surface area contributed by atoms with Gasteiger partial charge in [-0.25, -0.2) is 9.78 Å². The minimum atomic E-state index is -1.16. The number of aromatic nitrogens is 1. The highest BCUT2D eigenvalue weighted by Gasteiger charge is 2.13. The summed E-state index contributed by atoms with van der Waals surface area (Å²) in [5.74, 6) is -1.39. The van der Waals surface area contributed by atoms with Crippen molar-refractivity contribution in [1.82, 2.24) is 4.98 Å². The van der Waals surface area contributed by atoms with Crippen LogP contribution in [0.4, 0.5) is 5.69 Å². The van der Waals surface area contributed by atoms with E-state index in [2.05, 4.69) is 10.3 Å². The van der Waals surface area contributed by atoms with Crippen LogP contribution < -0.4 is 5.32 Å². The Morgan fingerprint density at radius 2 is 1.90 bits per heavy atom. The highest BCUT2D eigenvalue weighted by atomic mass is 16.4. The lowest BCUT2D eigenvalue weighted by Crippen LogP contribution is -2.16. The summed E-state index contributed by atoms with van der Waals surface area (Å²) in [5.41, 5.74) is 2.31. The Labute approximate surface area is 122 Å². The monoisotopic (exact) mass is 284 g/mol. The van der Waals surface area contributed by atoms with Crippen molar-refractivity contribution in [3.8, 4) is 0 Å². The third-order valence-corrected chi connectivity index (χ3v) is 3.05. The standard InChI is InChI=1S/C16H16N2O3/c1-11-4-6-12(7-5-11)8-9-14(19)18-13-3-2-10-17-15(13)16(20)21/h2-7,10H,8-9H2,1H3,(H,18,19)(H,20,21). The van der Waals surface area contributed by atoms with Crippen molar-refractivity contribution in [1.29, 1.82) is 0 Å². The predicted octanol–water partition coefficient (Wildman–Crippen LogP) is 2.66. The molecule has 0 spiro atoms. The van der Waals surface area contributed by atoms with Gasteiger partial charge in [0.15, 0.2) is 5.69 Å². The van der Waals surface area contributed by atoms with Crippen LogP contribution in [0.2, 0.25) is 0 Å². The molecule has 1 aromatic carbocycles. The molecule has 0 aliphatic heterocycles. The SMILES string of the molecule is Cc1ccc(CCC(=O)Nc2cccnc2C(=O)O)cc1. The van der Waals surface area contributed by atoms with E-state index in [1.54, 1.807) is 6.07 Å². The first-order chi connectivity index (χ1) is 10.1. The first-order valence-electron chi connectivity index (χ1n) is 6.60. The normalized spacial score (nSPS) is 10.1. The summed E-state index contributed by atoms with van der Waals surface area (Å²) >= 11 is 0. The number of carbonyl (C=O) groups is 2. The molecule has 0 saturated carbocycles. The number of benzene rings is 1. The average molecular weight is 284 g/mol. The van der Waals surface area contributed by atoms with Crippen LogP contribution in [0.3, 0.4) is 0 Å². The largest absolute Gasteiger partial charge is 0.476 e. The molecular weight excluding hydrogens is 268 g/mol. The molecule has 1 heterocycles. The van der Waals surface area contributed by atoms with E-state index in [4.69, 9.17) is 5.11 Å². The Hall–Kier alpha value is -2.69. The van der Waals surface area contributed by atoms with Crippen LogP contribution in [0.5, 0.6) is 0 Å². The van der Waals surface area contributed by atoms with Crippen molar-refractivity contribution >= 4 is 17.6 Å². The molecule has 2 rings (SSSR count). The topological polar surface area (TPSA) is 79.3 Å². The van der Waals surface area contributed by atoms with Gasteiger partial charge >= 0.3 is 5.97 Å². The molecule has 0 aliphatic carbocycles. The third-order valence-electron chi connectivity index (χ3n) is 3.05. The zero-order valence-electron chi connectivity index (χ0n) is 11.7. The van der Waals surface area contributed by atoms with Crippen molar-refractivity contribution in [2.24, 2.45) is 0 Å². The molecule has 21 heavy (non-hydrogen) atoms. The maximum Gasteiger partial charge on any atom is 0.356 e. The number of nitrogens with zero attached hydrogens (tertiary/aromatic N) is 1. The Kier molecular flexibility index (Phi) is 4.66. The second-order valence-corrected chi connectivity index (χ2v) is 4.74. The average Bonchev–Trinajstić information content (AvgIpc) is 2.47. The number of aryl methyl sites for hydroxylation is 2. The molecule has 1 amide bonds. The molecule has 0 saturated heterocycles. The van der Waals surface area contributed by atoms with Gasteiger partial charge in [-0.15, -0.1) is 0 Å². The third kappa shape index (κ3) is 4.14. The van der Waals surface area contributed by atoms with Gasteiger partial charge in [-0.2, -0.15) is 0 Å². The van der Waals surface area contributed by atoms with E-state index >= 15 is 0 Å². The van der Waals surface area contributed by atoms with E-state index in [1.807, 2.05) is 31.2 Å². The molecule has 2 N–H and O–H groups in total. The minimum absolute atomic E-state index is 0.152. The Morgan fingerprint density at radius 1 is 1.19 bits per heavy atom. The maximum atomic E-state index is 11.9. The van der Waals surface area contributed by atoms with Crippen LogP contribution >= 0.6 is 0 Å². The van der Waals surface area contributed by atoms with Crippen LogP contribution in [0.25, 0.3) is 0 Å². The Bertz CT molecular complexity index is 651. The fraction of sp³-hybridized carbons (Fsp3) is 0.188. The van der Waals surface area contributed by atoms with Crippen LogP contribution in [-0.4, -0.2) is 22.0 Å². The molecule has 2 aromatic rings. The number of carboxylic acid groups (broad SMARTS) is 1. The number of aromatic carboxylic acids is 1. The fourth-order valence-electron chi connectivity index (χ4n) is 1.90. The molecule has 5 heteroatoms. The van der Waals surface area contributed by atoms with Crippen LogP contribution in [0.15, 0.2) is 42.6 Å². The summed E-state index contributed by atoms with van der Waals surface area (Å²) < 4.78 is 0. The molecule has 0 unspecified atom stereocenters.